The lowest BCUT2D eigenvalue weighted by Gasteiger charge is -2.16. The highest BCUT2D eigenvalue weighted by Crippen LogP contribution is 2.25. The fraction of sp³-hybridized carbons (Fsp3) is 0.167. The molecule has 0 radical (unpaired) electrons. The van der Waals surface area contributed by atoms with E-state index in [4.69, 9.17) is 0 Å². The van der Waals surface area contributed by atoms with Crippen molar-refractivity contribution < 1.29 is 27.6 Å². The number of hydrazine groups is 1. The number of nitrogens with one attached hydrogen (secondary N) is 2. The van der Waals surface area contributed by atoms with Gasteiger partial charge < -0.3 is 4.90 Å². The first kappa shape index (κ1) is 18.4. The number of anilines is 1. The monoisotopic (exact) mass is 377 g/mol. The third-order valence-corrected chi connectivity index (χ3v) is 4.12. The van der Waals surface area contributed by atoms with Gasteiger partial charge in [-0.1, -0.05) is 6.07 Å². The van der Waals surface area contributed by atoms with E-state index in [1.807, 2.05) is 5.43 Å². The number of rotatable bonds is 3. The van der Waals surface area contributed by atoms with E-state index in [9.17, 15) is 27.6 Å². The Morgan fingerprint density at radius 1 is 0.963 bits per heavy atom. The second-order valence-corrected chi connectivity index (χ2v) is 5.92. The van der Waals surface area contributed by atoms with Crippen molar-refractivity contribution in [3.8, 4) is 0 Å². The molecule has 2 aromatic rings. The average Bonchev–Trinajstić information content (AvgIpc) is 3.02. The van der Waals surface area contributed by atoms with E-state index in [2.05, 4.69) is 5.43 Å². The van der Waals surface area contributed by atoms with Gasteiger partial charge in [-0.3, -0.25) is 25.2 Å². The first-order valence-corrected chi connectivity index (χ1v) is 7.97. The van der Waals surface area contributed by atoms with E-state index in [1.165, 1.54) is 29.2 Å². The lowest BCUT2D eigenvalue weighted by molar-refractivity contribution is -0.126. The fourth-order valence-corrected chi connectivity index (χ4v) is 2.75. The van der Waals surface area contributed by atoms with Gasteiger partial charge in [-0.15, -0.1) is 0 Å². The summed E-state index contributed by atoms with van der Waals surface area (Å²) in [5.74, 6) is -5.55. The second-order valence-electron chi connectivity index (χ2n) is 5.92. The normalized spacial score (nSPS) is 16.3. The van der Waals surface area contributed by atoms with Crippen molar-refractivity contribution in [2.24, 2.45) is 5.92 Å². The van der Waals surface area contributed by atoms with Crippen LogP contribution < -0.4 is 15.8 Å². The molecule has 0 aromatic heterocycles. The highest BCUT2D eigenvalue weighted by Gasteiger charge is 2.35. The van der Waals surface area contributed by atoms with Crippen LogP contribution in [0.2, 0.25) is 0 Å². The Hall–Kier alpha value is -3.36. The molecule has 2 N–H and O–H groups in total. The molecule has 1 fully saturated rings. The van der Waals surface area contributed by atoms with Crippen LogP contribution in [0.1, 0.15) is 16.8 Å². The molecule has 0 saturated carbocycles. The molecule has 1 aliphatic rings. The summed E-state index contributed by atoms with van der Waals surface area (Å²) in [5.41, 5.74) is 3.62. The van der Waals surface area contributed by atoms with E-state index >= 15 is 0 Å². The Morgan fingerprint density at radius 2 is 1.59 bits per heavy atom. The van der Waals surface area contributed by atoms with Crippen molar-refractivity contribution in [3.63, 3.8) is 0 Å². The van der Waals surface area contributed by atoms with Crippen LogP contribution in [0.4, 0.5) is 18.9 Å². The van der Waals surface area contributed by atoms with E-state index in [0.29, 0.717) is 5.69 Å². The topological polar surface area (TPSA) is 78.5 Å². The molecule has 2 aromatic carbocycles. The van der Waals surface area contributed by atoms with Crippen molar-refractivity contribution in [3.05, 3.63) is 65.5 Å². The predicted octanol–water partition coefficient (Wildman–Crippen LogP) is 1.92. The molecule has 0 spiro atoms. The van der Waals surface area contributed by atoms with E-state index in [-0.39, 0.29) is 18.9 Å². The zero-order chi connectivity index (χ0) is 19.6. The summed E-state index contributed by atoms with van der Waals surface area (Å²) in [6, 6.07) is 8.14. The van der Waals surface area contributed by atoms with Crippen LogP contribution in [0.25, 0.3) is 0 Å². The highest BCUT2D eigenvalue weighted by molar-refractivity contribution is 6.01. The van der Waals surface area contributed by atoms with Crippen LogP contribution in [0.5, 0.6) is 0 Å². The maximum atomic E-state index is 13.6. The van der Waals surface area contributed by atoms with Crippen molar-refractivity contribution in [2.45, 2.75) is 6.42 Å². The van der Waals surface area contributed by atoms with Crippen LogP contribution >= 0.6 is 0 Å². The molecule has 3 amide bonds. The highest BCUT2D eigenvalue weighted by atomic mass is 19.1. The predicted molar refractivity (Wildman–Crippen MR) is 88.8 cm³/mol. The molecule has 3 rings (SSSR count). The summed E-state index contributed by atoms with van der Waals surface area (Å²) in [4.78, 5) is 37.5. The molecule has 0 aliphatic carbocycles. The van der Waals surface area contributed by atoms with Crippen molar-refractivity contribution in [1.82, 2.24) is 10.9 Å². The Balaban J connectivity index is 1.61. The number of hydrogen-bond acceptors (Lipinski definition) is 3. The molecule has 9 heteroatoms. The van der Waals surface area contributed by atoms with Crippen molar-refractivity contribution >= 4 is 23.4 Å². The van der Waals surface area contributed by atoms with Gasteiger partial charge in [0.05, 0.1) is 5.92 Å². The molecule has 1 saturated heterocycles. The van der Waals surface area contributed by atoms with Crippen molar-refractivity contribution in [2.75, 3.05) is 11.4 Å². The molecule has 1 atom stereocenters. The Kier molecular flexibility index (Phi) is 5.11. The van der Waals surface area contributed by atoms with Crippen LogP contribution in [-0.2, 0) is 9.59 Å². The molecule has 1 aliphatic heterocycles. The molecule has 1 heterocycles. The Bertz CT molecular complexity index is 882. The standard InChI is InChI=1S/C18H14F3N3O3/c19-11-4-6-12(7-5-11)24-9-10(8-15(24)25)17(26)22-23-18(27)16-13(20)2-1-3-14(16)21/h1-7,10H,8-9H2,(H,22,26)(H,23,27)/t10-/m1/s1. The number of benzene rings is 2. The first-order valence-electron chi connectivity index (χ1n) is 7.97. The minimum Gasteiger partial charge on any atom is -0.312 e. The smallest absolute Gasteiger partial charge is 0.275 e. The molecule has 27 heavy (non-hydrogen) atoms. The number of hydrogen-bond donors (Lipinski definition) is 2. The quantitative estimate of drug-likeness (QED) is 0.803. The van der Waals surface area contributed by atoms with E-state index < -0.39 is 40.7 Å². The minimum atomic E-state index is -1.15. The number of nitrogens with zero attached hydrogens (tertiary/aromatic N) is 1. The molecule has 0 bridgehead atoms. The van der Waals surface area contributed by atoms with Gasteiger partial charge in [0.2, 0.25) is 11.8 Å². The van der Waals surface area contributed by atoms with Gasteiger partial charge in [-0.2, -0.15) is 0 Å². The summed E-state index contributed by atoms with van der Waals surface area (Å²) in [6.07, 6.45) is -0.118. The third kappa shape index (κ3) is 3.91. The van der Waals surface area contributed by atoms with Gasteiger partial charge >= 0.3 is 0 Å². The maximum Gasteiger partial charge on any atom is 0.275 e. The molecule has 6 nitrogen and oxygen atoms in total. The summed E-state index contributed by atoms with van der Waals surface area (Å²) in [6.45, 7) is 0.0280. The molecular weight excluding hydrogens is 363 g/mol. The largest absolute Gasteiger partial charge is 0.312 e. The third-order valence-electron chi connectivity index (χ3n) is 4.12. The lowest BCUT2D eigenvalue weighted by atomic mass is 10.1. The fourth-order valence-electron chi connectivity index (χ4n) is 2.75. The van der Waals surface area contributed by atoms with Crippen molar-refractivity contribution in [1.29, 1.82) is 0 Å². The zero-order valence-corrected chi connectivity index (χ0v) is 13.8. The van der Waals surface area contributed by atoms with Crippen LogP contribution in [0.15, 0.2) is 42.5 Å². The van der Waals surface area contributed by atoms with Crippen LogP contribution in [-0.4, -0.2) is 24.3 Å². The second kappa shape index (κ2) is 7.48. The number of amides is 3. The maximum absolute atomic E-state index is 13.6. The number of halogens is 3. The number of carbonyl (C=O) groups is 3. The summed E-state index contributed by atoms with van der Waals surface area (Å²) in [5, 5.41) is 0. The van der Waals surface area contributed by atoms with Gasteiger partial charge in [0, 0.05) is 18.7 Å². The van der Waals surface area contributed by atoms with Gasteiger partial charge in [0.15, 0.2) is 0 Å². The molecule has 140 valence electrons. The van der Waals surface area contributed by atoms with Gasteiger partial charge in [0.25, 0.3) is 5.91 Å². The SMILES string of the molecule is O=C(NNC(=O)[C@@H]1CC(=O)N(c2ccc(F)cc2)C1)c1c(F)cccc1F. The van der Waals surface area contributed by atoms with Crippen LogP contribution in [0.3, 0.4) is 0 Å². The summed E-state index contributed by atoms with van der Waals surface area (Å²) in [7, 11) is 0. The zero-order valence-electron chi connectivity index (χ0n) is 13.8. The first-order chi connectivity index (χ1) is 12.9. The molecule has 0 unspecified atom stereocenters. The Morgan fingerprint density at radius 3 is 2.22 bits per heavy atom. The summed E-state index contributed by atoms with van der Waals surface area (Å²) >= 11 is 0. The summed E-state index contributed by atoms with van der Waals surface area (Å²) < 4.78 is 40.1. The van der Waals surface area contributed by atoms with E-state index in [1.54, 1.807) is 0 Å². The van der Waals surface area contributed by atoms with Gasteiger partial charge in [-0.25, -0.2) is 13.2 Å². The minimum absolute atomic E-state index is 0.0280. The average molecular weight is 377 g/mol. The Labute approximate surface area is 151 Å². The lowest BCUT2D eigenvalue weighted by Crippen LogP contribution is -2.45. The van der Waals surface area contributed by atoms with Gasteiger partial charge in [0.1, 0.15) is 23.0 Å². The van der Waals surface area contributed by atoms with E-state index in [0.717, 1.165) is 18.2 Å². The number of carbonyl (C=O) groups excluding carboxylic acids is 3. The molecular formula is C18H14F3N3O3. The van der Waals surface area contributed by atoms with Crippen LogP contribution in [0, 0.1) is 23.4 Å². The van der Waals surface area contributed by atoms with Gasteiger partial charge in [-0.05, 0) is 36.4 Å².